The smallest absolute Gasteiger partial charge is 0.183 e. The molecule has 0 atom stereocenters. The van der Waals surface area contributed by atoms with Gasteiger partial charge in [-0.3, -0.25) is 4.79 Å². The molecule has 0 aliphatic rings. The number of hydrogen-bond acceptors (Lipinski definition) is 1. The molecule has 2 heteroatoms. The first kappa shape index (κ1) is 8.28. The molecule has 0 spiro atoms. The van der Waals surface area contributed by atoms with Gasteiger partial charge in [0.1, 0.15) is 0 Å². The van der Waals surface area contributed by atoms with E-state index >= 15 is 0 Å². The number of aryl methyl sites for hydroxylation is 1. The fourth-order valence-corrected chi connectivity index (χ4v) is 1.04. The summed E-state index contributed by atoms with van der Waals surface area (Å²) in [7, 11) is 0. The van der Waals surface area contributed by atoms with Crippen LogP contribution in [0.15, 0.2) is 23.0 Å². The fraction of sp³-hybridized carbons (Fsp3) is 0.222. The molecule has 0 N–H and O–H groups in total. The quantitative estimate of drug-likeness (QED) is 0.581. The van der Waals surface area contributed by atoms with Gasteiger partial charge in [0, 0.05) is 5.56 Å². The molecular weight excluding hydrogens is 160 g/mol. The Bertz CT molecular complexity index is 331. The Morgan fingerprint density at radius 3 is 2.55 bits per heavy atom. The summed E-state index contributed by atoms with van der Waals surface area (Å²) in [5.41, 5.74) is 1.54. The highest BCUT2D eigenvalue weighted by atomic mass is 35.5. The van der Waals surface area contributed by atoms with Crippen LogP contribution < -0.4 is 5.43 Å². The molecule has 0 aliphatic heterocycles. The summed E-state index contributed by atoms with van der Waals surface area (Å²) < 4.78 is 0. The molecule has 1 aromatic rings. The number of rotatable bonds is 0. The van der Waals surface area contributed by atoms with Crippen LogP contribution in [0.25, 0.3) is 0 Å². The Balaban J connectivity index is 3.62. The Morgan fingerprint density at radius 1 is 1.27 bits per heavy atom. The summed E-state index contributed by atoms with van der Waals surface area (Å²) in [5, 5.41) is 0.569. The highest BCUT2D eigenvalue weighted by Gasteiger charge is 1.98. The topological polar surface area (TPSA) is 17.1 Å². The van der Waals surface area contributed by atoms with Gasteiger partial charge in [-0.2, -0.15) is 0 Å². The van der Waals surface area contributed by atoms with Crippen molar-refractivity contribution < 1.29 is 0 Å². The van der Waals surface area contributed by atoms with Gasteiger partial charge in [-0.05, 0) is 25.5 Å². The van der Waals surface area contributed by atoms with Gasteiger partial charge in [0.15, 0.2) is 5.43 Å². The molecule has 0 saturated heterocycles. The molecule has 0 saturated carbocycles. The molecular formula is C9H9ClO. The highest BCUT2D eigenvalue weighted by Crippen LogP contribution is 2.14. The van der Waals surface area contributed by atoms with Gasteiger partial charge in [-0.1, -0.05) is 23.7 Å². The first-order chi connectivity index (χ1) is 5.13. The molecule has 1 rings (SSSR count). The molecule has 0 heterocycles. The second kappa shape index (κ2) is 3.05. The lowest BCUT2D eigenvalue weighted by molar-refractivity contribution is 1.40. The van der Waals surface area contributed by atoms with E-state index in [4.69, 9.17) is 11.6 Å². The molecule has 1 nitrogen and oxygen atoms in total. The van der Waals surface area contributed by atoms with Gasteiger partial charge in [0.2, 0.25) is 0 Å². The average molecular weight is 169 g/mol. The third-order valence-electron chi connectivity index (χ3n) is 1.64. The summed E-state index contributed by atoms with van der Waals surface area (Å²) in [6.45, 7) is 3.62. The van der Waals surface area contributed by atoms with Crippen molar-refractivity contribution in [1.29, 1.82) is 0 Å². The molecule has 0 unspecified atom stereocenters. The molecule has 58 valence electrons. The van der Waals surface area contributed by atoms with Crippen LogP contribution in [0, 0.1) is 13.8 Å². The van der Waals surface area contributed by atoms with Crippen molar-refractivity contribution in [2.75, 3.05) is 0 Å². The van der Waals surface area contributed by atoms with Gasteiger partial charge in [0.05, 0.1) is 5.02 Å². The normalized spacial score (nSPS) is 9.73. The monoisotopic (exact) mass is 168 g/mol. The molecule has 0 radical (unpaired) electrons. The van der Waals surface area contributed by atoms with Crippen molar-refractivity contribution in [3.8, 4) is 0 Å². The minimum Gasteiger partial charge on any atom is -0.290 e. The van der Waals surface area contributed by atoms with Crippen molar-refractivity contribution in [3.05, 3.63) is 44.6 Å². The number of hydrogen-bond donors (Lipinski definition) is 0. The van der Waals surface area contributed by atoms with Crippen LogP contribution in [0.2, 0.25) is 5.02 Å². The Hall–Kier alpha value is -0.820. The predicted molar refractivity (Wildman–Crippen MR) is 47.2 cm³/mol. The third-order valence-corrected chi connectivity index (χ3v) is 2.22. The molecule has 0 bridgehead atoms. The van der Waals surface area contributed by atoms with E-state index in [-0.39, 0.29) is 5.43 Å². The van der Waals surface area contributed by atoms with Crippen LogP contribution in [0.4, 0.5) is 0 Å². The standard InChI is InChI=1S/C9H9ClO/c1-6-4-3-5-8(11)7(2)9(6)10/h3-5H,1-2H3. The zero-order valence-electron chi connectivity index (χ0n) is 6.52. The van der Waals surface area contributed by atoms with E-state index < -0.39 is 0 Å². The Kier molecular flexibility index (Phi) is 2.30. The van der Waals surface area contributed by atoms with Gasteiger partial charge in [0.25, 0.3) is 0 Å². The second-order valence-corrected chi connectivity index (χ2v) is 2.89. The third kappa shape index (κ3) is 1.60. The maximum absolute atomic E-state index is 11.1. The van der Waals surface area contributed by atoms with Gasteiger partial charge in [-0.15, -0.1) is 0 Å². The summed E-state index contributed by atoms with van der Waals surface area (Å²) >= 11 is 5.87. The van der Waals surface area contributed by atoms with E-state index in [0.29, 0.717) is 10.6 Å². The Morgan fingerprint density at radius 2 is 1.91 bits per heavy atom. The Labute approximate surface area is 70.6 Å². The lowest BCUT2D eigenvalue weighted by Gasteiger charge is -1.91. The maximum atomic E-state index is 11.1. The van der Waals surface area contributed by atoms with Crippen molar-refractivity contribution in [1.82, 2.24) is 0 Å². The van der Waals surface area contributed by atoms with Crippen LogP contribution in [-0.4, -0.2) is 0 Å². The van der Waals surface area contributed by atoms with E-state index in [0.717, 1.165) is 5.56 Å². The SMILES string of the molecule is Cc1cccc(=O)c(C)c1Cl. The maximum Gasteiger partial charge on any atom is 0.183 e. The molecule has 11 heavy (non-hydrogen) atoms. The second-order valence-electron chi connectivity index (χ2n) is 2.51. The number of halogens is 1. The molecule has 0 fully saturated rings. The van der Waals surface area contributed by atoms with E-state index in [1.807, 2.05) is 13.0 Å². The van der Waals surface area contributed by atoms with Gasteiger partial charge >= 0.3 is 0 Å². The lowest BCUT2D eigenvalue weighted by Crippen LogP contribution is -1.98. The molecule has 0 aromatic heterocycles. The first-order valence-corrected chi connectivity index (χ1v) is 3.77. The zero-order chi connectivity index (χ0) is 8.43. The first-order valence-electron chi connectivity index (χ1n) is 3.39. The van der Waals surface area contributed by atoms with E-state index in [2.05, 4.69) is 0 Å². The van der Waals surface area contributed by atoms with Crippen LogP contribution in [-0.2, 0) is 0 Å². The van der Waals surface area contributed by atoms with E-state index in [9.17, 15) is 4.79 Å². The van der Waals surface area contributed by atoms with Crippen LogP contribution >= 0.6 is 11.6 Å². The minimum absolute atomic E-state index is 0.0110. The molecule has 0 aliphatic carbocycles. The fourth-order valence-electron chi connectivity index (χ4n) is 0.882. The van der Waals surface area contributed by atoms with E-state index in [1.165, 1.54) is 6.07 Å². The summed E-state index contributed by atoms with van der Waals surface area (Å²) in [5.74, 6) is 0. The van der Waals surface area contributed by atoms with E-state index in [1.54, 1.807) is 13.0 Å². The summed E-state index contributed by atoms with van der Waals surface area (Å²) in [6, 6.07) is 5.07. The van der Waals surface area contributed by atoms with Crippen LogP contribution in [0.1, 0.15) is 11.1 Å². The van der Waals surface area contributed by atoms with Crippen molar-refractivity contribution in [2.45, 2.75) is 13.8 Å². The highest BCUT2D eigenvalue weighted by molar-refractivity contribution is 6.32. The van der Waals surface area contributed by atoms with Crippen molar-refractivity contribution >= 4 is 11.6 Å². The zero-order valence-corrected chi connectivity index (χ0v) is 7.27. The summed E-state index contributed by atoms with van der Waals surface area (Å²) in [4.78, 5) is 11.1. The largest absolute Gasteiger partial charge is 0.290 e. The predicted octanol–water partition coefficient (Wildman–Crippen LogP) is 2.32. The van der Waals surface area contributed by atoms with Gasteiger partial charge in [-0.25, -0.2) is 0 Å². The van der Waals surface area contributed by atoms with Gasteiger partial charge < -0.3 is 0 Å². The van der Waals surface area contributed by atoms with Crippen LogP contribution in [0.3, 0.4) is 0 Å². The molecule has 1 aromatic carbocycles. The average Bonchev–Trinajstić information content (AvgIpc) is 2.07. The van der Waals surface area contributed by atoms with Crippen LogP contribution in [0.5, 0.6) is 0 Å². The van der Waals surface area contributed by atoms with Crippen molar-refractivity contribution in [2.24, 2.45) is 0 Å². The molecule has 0 amide bonds. The minimum atomic E-state index is -0.0110. The van der Waals surface area contributed by atoms with Crippen molar-refractivity contribution in [3.63, 3.8) is 0 Å². The lowest BCUT2D eigenvalue weighted by atomic mass is 10.2. The summed E-state index contributed by atoms with van der Waals surface area (Å²) in [6.07, 6.45) is 0.